The van der Waals surface area contributed by atoms with Gasteiger partial charge in [0.15, 0.2) is 0 Å². The van der Waals surface area contributed by atoms with Gasteiger partial charge in [-0.05, 0) is 38.3 Å². The van der Waals surface area contributed by atoms with Crippen molar-refractivity contribution in [2.45, 2.75) is 39.2 Å². The first kappa shape index (κ1) is 15.3. The number of aliphatic hydroxyl groups excluding tert-OH is 1. The first-order chi connectivity index (χ1) is 9.74. The molecule has 3 heteroatoms. The van der Waals surface area contributed by atoms with E-state index in [0.29, 0.717) is 13.2 Å². The molecule has 0 amide bonds. The lowest BCUT2D eigenvalue weighted by Gasteiger charge is -2.33. The summed E-state index contributed by atoms with van der Waals surface area (Å²) in [5.74, 6) is 1.60. The van der Waals surface area contributed by atoms with Crippen LogP contribution in [0.4, 0.5) is 0 Å². The van der Waals surface area contributed by atoms with Crippen molar-refractivity contribution in [1.29, 1.82) is 0 Å². The first-order valence-corrected chi connectivity index (χ1v) is 7.86. The molecule has 0 radical (unpaired) electrons. The fourth-order valence-electron chi connectivity index (χ4n) is 3.04. The molecule has 1 N–H and O–H groups in total. The van der Waals surface area contributed by atoms with Crippen molar-refractivity contribution >= 4 is 0 Å². The molecule has 0 spiro atoms. The second-order valence-electron chi connectivity index (χ2n) is 5.66. The van der Waals surface area contributed by atoms with Gasteiger partial charge in [-0.25, -0.2) is 0 Å². The number of nitrogens with zero attached hydrogens (tertiary/aromatic N) is 1. The predicted molar refractivity (Wildman–Crippen MR) is 82.0 cm³/mol. The van der Waals surface area contributed by atoms with Crippen molar-refractivity contribution in [2.75, 3.05) is 26.2 Å². The van der Waals surface area contributed by atoms with Crippen LogP contribution in [-0.2, 0) is 0 Å². The molecule has 1 heterocycles. The van der Waals surface area contributed by atoms with Crippen LogP contribution < -0.4 is 4.74 Å². The van der Waals surface area contributed by atoms with Crippen LogP contribution in [0.1, 0.15) is 44.8 Å². The van der Waals surface area contributed by atoms with Crippen molar-refractivity contribution in [3.8, 4) is 5.75 Å². The van der Waals surface area contributed by atoms with Crippen LogP contribution in [0.2, 0.25) is 0 Å². The van der Waals surface area contributed by atoms with Gasteiger partial charge in [0.25, 0.3) is 0 Å². The number of piperidine rings is 1. The maximum absolute atomic E-state index is 10.5. The Bertz CT molecular complexity index is 408. The number of aliphatic hydroxyl groups is 1. The summed E-state index contributed by atoms with van der Waals surface area (Å²) < 4.78 is 5.61. The predicted octanol–water partition coefficient (Wildman–Crippen LogP) is 3.24. The van der Waals surface area contributed by atoms with E-state index in [1.165, 1.54) is 19.3 Å². The van der Waals surface area contributed by atoms with E-state index in [1.54, 1.807) is 0 Å². The number of para-hydroxylation sites is 1. The number of likely N-dealkylation sites (tertiary alicyclic amines) is 1. The minimum absolute atomic E-state index is 0.464. The minimum Gasteiger partial charge on any atom is -0.493 e. The molecule has 1 aromatic rings. The summed E-state index contributed by atoms with van der Waals surface area (Å²) >= 11 is 0. The van der Waals surface area contributed by atoms with Crippen molar-refractivity contribution in [1.82, 2.24) is 4.90 Å². The molecule has 0 aliphatic carbocycles. The molecule has 1 aliphatic heterocycles. The lowest BCUT2D eigenvalue weighted by Crippen LogP contribution is -2.37. The van der Waals surface area contributed by atoms with E-state index in [-0.39, 0.29) is 0 Å². The van der Waals surface area contributed by atoms with E-state index in [0.717, 1.165) is 30.3 Å². The van der Waals surface area contributed by atoms with Gasteiger partial charge in [0.2, 0.25) is 0 Å². The normalized spacial score (nSPS) is 21.6. The Morgan fingerprint density at radius 2 is 2.15 bits per heavy atom. The highest BCUT2D eigenvalue weighted by molar-refractivity contribution is 5.35. The molecule has 0 bridgehead atoms. The van der Waals surface area contributed by atoms with Crippen LogP contribution >= 0.6 is 0 Å². The van der Waals surface area contributed by atoms with Crippen molar-refractivity contribution in [3.63, 3.8) is 0 Å². The summed E-state index contributed by atoms with van der Waals surface area (Å²) in [6.07, 6.45) is 3.35. The monoisotopic (exact) mass is 277 g/mol. The van der Waals surface area contributed by atoms with Crippen molar-refractivity contribution in [2.24, 2.45) is 5.92 Å². The zero-order valence-corrected chi connectivity index (χ0v) is 12.7. The Hall–Kier alpha value is -1.06. The van der Waals surface area contributed by atoms with Gasteiger partial charge in [-0.3, -0.25) is 0 Å². The molecular formula is C17H27NO2. The van der Waals surface area contributed by atoms with Gasteiger partial charge in [0.1, 0.15) is 5.75 Å². The molecule has 3 nitrogen and oxygen atoms in total. The lowest BCUT2D eigenvalue weighted by molar-refractivity contribution is 0.0817. The zero-order valence-electron chi connectivity index (χ0n) is 12.7. The molecule has 0 aromatic heterocycles. The lowest BCUT2D eigenvalue weighted by atomic mass is 9.95. The number of hydrogen-bond acceptors (Lipinski definition) is 3. The Morgan fingerprint density at radius 3 is 2.90 bits per heavy atom. The molecule has 1 saturated heterocycles. The maximum Gasteiger partial charge on any atom is 0.125 e. The fourth-order valence-corrected chi connectivity index (χ4v) is 3.04. The van der Waals surface area contributed by atoms with E-state index in [1.807, 2.05) is 31.2 Å². The van der Waals surface area contributed by atoms with Crippen LogP contribution in [0.25, 0.3) is 0 Å². The molecule has 2 rings (SSSR count). The highest BCUT2D eigenvalue weighted by Crippen LogP contribution is 2.27. The molecule has 1 aliphatic rings. The number of benzene rings is 1. The largest absolute Gasteiger partial charge is 0.493 e. The maximum atomic E-state index is 10.5. The quantitative estimate of drug-likeness (QED) is 0.866. The van der Waals surface area contributed by atoms with Gasteiger partial charge in [-0.2, -0.15) is 0 Å². The van der Waals surface area contributed by atoms with E-state index in [4.69, 9.17) is 4.74 Å². The Balaban J connectivity index is 1.99. The number of ether oxygens (including phenoxy) is 1. The third-order valence-electron chi connectivity index (χ3n) is 4.19. The van der Waals surface area contributed by atoms with Crippen LogP contribution in [0.15, 0.2) is 24.3 Å². The van der Waals surface area contributed by atoms with E-state index < -0.39 is 6.10 Å². The Kier molecular flexibility index (Phi) is 5.86. The summed E-state index contributed by atoms with van der Waals surface area (Å²) in [5.41, 5.74) is 0.910. The standard InChI is InChI=1S/C17H27NO2/c1-3-14-8-7-11-18(12-14)13-16(19)15-9-5-6-10-17(15)20-4-2/h5-6,9-10,14,16,19H,3-4,7-8,11-13H2,1-2H3. The minimum atomic E-state index is -0.464. The van der Waals surface area contributed by atoms with Gasteiger partial charge < -0.3 is 14.7 Å². The van der Waals surface area contributed by atoms with E-state index >= 15 is 0 Å². The Labute approximate surface area is 122 Å². The van der Waals surface area contributed by atoms with Crippen LogP contribution in [-0.4, -0.2) is 36.2 Å². The molecule has 2 unspecified atom stereocenters. The topological polar surface area (TPSA) is 32.7 Å². The second-order valence-corrected chi connectivity index (χ2v) is 5.66. The van der Waals surface area contributed by atoms with Gasteiger partial charge >= 0.3 is 0 Å². The van der Waals surface area contributed by atoms with Gasteiger partial charge in [0, 0.05) is 18.7 Å². The highest BCUT2D eigenvalue weighted by Gasteiger charge is 2.22. The van der Waals surface area contributed by atoms with Gasteiger partial charge in [0.05, 0.1) is 12.7 Å². The van der Waals surface area contributed by atoms with E-state index in [2.05, 4.69) is 11.8 Å². The molecule has 1 fully saturated rings. The summed E-state index contributed by atoms with van der Waals surface area (Å²) in [4.78, 5) is 2.39. The highest BCUT2D eigenvalue weighted by atomic mass is 16.5. The summed E-state index contributed by atoms with van der Waals surface area (Å²) in [7, 11) is 0. The fraction of sp³-hybridized carbons (Fsp3) is 0.647. The van der Waals surface area contributed by atoms with Crippen LogP contribution in [0.3, 0.4) is 0 Å². The third-order valence-corrected chi connectivity index (χ3v) is 4.19. The Morgan fingerprint density at radius 1 is 1.35 bits per heavy atom. The molecule has 2 atom stereocenters. The average molecular weight is 277 g/mol. The van der Waals surface area contributed by atoms with Crippen molar-refractivity contribution < 1.29 is 9.84 Å². The van der Waals surface area contributed by atoms with Crippen molar-refractivity contribution in [3.05, 3.63) is 29.8 Å². The average Bonchev–Trinajstić information content (AvgIpc) is 2.48. The van der Waals surface area contributed by atoms with E-state index in [9.17, 15) is 5.11 Å². The summed E-state index contributed by atoms with van der Waals surface area (Å²) in [5, 5.41) is 10.5. The second kappa shape index (κ2) is 7.65. The molecule has 20 heavy (non-hydrogen) atoms. The third kappa shape index (κ3) is 3.97. The number of hydrogen-bond donors (Lipinski definition) is 1. The van der Waals surface area contributed by atoms with Gasteiger partial charge in [-0.1, -0.05) is 31.5 Å². The smallest absolute Gasteiger partial charge is 0.125 e. The molecule has 1 aromatic carbocycles. The summed E-state index contributed by atoms with van der Waals surface area (Å²) in [6, 6.07) is 7.82. The van der Waals surface area contributed by atoms with Crippen LogP contribution in [0.5, 0.6) is 5.75 Å². The van der Waals surface area contributed by atoms with Crippen LogP contribution in [0, 0.1) is 5.92 Å². The number of β-amino-alcohol motifs (C(OH)–C–C–N with tert-alkyl or cyclic N) is 1. The zero-order chi connectivity index (χ0) is 14.4. The van der Waals surface area contributed by atoms with Gasteiger partial charge in [-0.15, -0.1) is 0 Å². The first-order valence-electron chi connectivity index (χ1n) is 7.86. The SMILES string of the molecule is CCOc1ccccc1C(O)CN1CCCC(CC)C1. The number of rotatable bonds is 6. The molecule has 0 saturated carbocycles. The summed E-state index contributed by atoms with van der Waals surface area (Å²) in [6.45, 7) is 7.79. The molecular weight excluding hydrogens is 250 g/mol. The molecule has 112 valence electrons.